The van der Waals surface area contributed by atoms with Crippen LogP contribution in [0.25, 0.3) is 11.3 Å². The van der Waals surface area contributed by atoms with Gasteiger partial charge in [0.25, 0.3) is 0 Å². The van der Waals surface area contributed by atoms with Gasteiger partial charge >= 0.3 is 0 Å². The van der Waals surface area contributed by atoms with E-state index in [-0.39, 0.29) is 5.75 Å². The fourth-order valence-corrected chi connectivity index (χ4v) is 1.31. The normalized spacial score (nSPS) is 9.50. The van der Waals surface area contributed by atoms with Gasteiger partial charge in [0.05, 0.1) is 17.6 Å². The van der Waals surface area contributed by atoms with Crippen molar-refractivity contribution in [1.29, 1.82) is 0 Å². The Morgan fingerprint density at radius 3 is 2.44 bits per heavy atom. The van der Waals surface area contributed by atoms with E-state index in [0.717, 1.165) is 11.3 Å². The van der Waals surface area contributed by atoms with Crippen molar-refractivity contribution in [2.75, 3.05) is 0 Å². The molecule has 0 unspecified atom stereocenters. The highest BCUT2D eigenvalue weighted by molar-refractivity contribution is 5.61. The first kappa shape index (κ1) is 10.1. The largest absolute Gasteiger partial charge is 0.508 e. The lowest BCUT2D eigenvalue weighted by Crippen LogP contribution is -1.81. The molecule has 4 nitrogen and oxygen atoms in total. The molecule has 0 saturated carbocycles. The first-order valence-electron chi connectivity index (χ1n) is 4.63. The maximum Gasteiger partial charge on any atom is 0.240 e. The van der Waals surface area contributed by atoms with E-state index in [0.29, 0.717) is 5.69 Å². The van der Waals surface area contributed by atoms with Crippen LogP contribution >= 0.6 is 0 Å². The molecular formula is C12H8N2O2. The van der Waals surface area contributed by atoms with Crippen LogP contribution in [0.5, 0.6) is 5.75 Å². The molecule has 0 radical (unpaired) electrons. The van der Waals surface area contributed by atoms with Gasteiger partial charge in [-0.25, -0.2) is 4.79 Å². The molecule has 0 aliphatic carbocycles. The van der Waals surface area contributed by atoms with Crippen molar-refractivity contribution in [1.82, 2.24) is 4.98 Å². The van der Waals surface area contributed by atoms with Crippen LogP contribution in [0.15, 0.2) is 47.6 Å². The van der Waals surface area contributed by atoms with Gasteiger partial charge < -0.3 is 5.11 Å². The summed E-state index contributed by atoms with van der Waals surface area (Å²) in [5.41, 5.74) is 2.11. The smallest absolute Gasteiger partial charge is 0.240 e. The van der Waals surface area contributed by atoms with Gasteiger partial charge in [-0.1, -0.05) is 0 Å². The Morgan fingerprint density at radius 2 is 1.88 bits per heavy atom. The van der Waals surface area contributed by atoms with Crippen molar-refractivity contribution in [3.63, 3.8) is 0 Å². The van der Waals surface area contributed by atoms with Gasteiger partial charge in [-0.05, 0) is 36.4 Å². The number of hydrogen-bond acceptors (Lipinski definition) is 4. The lowest BCUT2D eigenvalue weighted by Gasteiger charge is -2.00. The lowest BCUT2D eigenvalue weighted by molar-refractivity contribution is 0.475. The van der Waals surface area contributed by atoms with Crippen LogP contribution in [0.2, 0.25) is 0 Å². The Morgan fingerprint density at radius 1 is 1.12 bits per heavy atom. The molecule has 1 N–H and O–H groups in total. The predicted molar refractivity (Wildman–Crippen MR) is 59.1 cm³/mol. The molecule has 1 aromatic carbocycles. The van der Waals surface area contributed by atoms with Gasteiger partial charge in [0.1, 0.15) is 5.75 Å². The quantitative estimate of drug-likeness (QED) is 0.614. The predicted octanol–water partition coefficient (Wildman–Crippen LogP) is 2.42. The average molecular weight is 212 g/mol. The summed E-state index contributed by atoms with van der Waals surface area (Å²) in [6, 6.07) is 10.1. The summed E-state index contributed by atoms with van der Waals surface area (Å²) in [5, 5.41) is 9.14. The molecule has 2 aromatic rings. The maximum absolute atomic E-state index is 10.0. The van der Waals surface area contributed by atoms with Gasteiger partial charge in [-0.3, -0.25) is 4.98 Å². The van der Waals surface area contributed by atoms with Gasteiger partial charge in [0.2, 0.25) is 6.08 Å². The van der Waals surface area contributed by atoms with Crippen molar-refractivity contribution in [2.24, 2.45) is 4.99 Å². The van der Waals surface area contributed by atoms with E-state index in [1.165, 1.54) is 12.3 Å². The topological polar surface area (TPSA) is 62.5 Å². The average Bonchev–Trinajstić information content (AvgIpc) is 2.32. The number of hydrogen-bond donors (Lipinski definition) is 1. The van der Waals surface area contributed by atoms with Crippen LogP contribution in [-0.2, 0) is 4.79 Å². The maximum atomic E-state index is 10.0. The number of phenols is 1. The van der Waals surface area contributed by atoms with Crippen LogP contribution in [0.1, 0.15) is 0 Å². The SMILES string of the molecule is O=C=Nc1ccc(-c2ccc(O)cc2)nc1. The molecule has 0 aliphatic heterocycles. The molecule has 0 spiro atoms. The molecule has 0 fully saturated rings. The first-order chi connectivity index (χ1) is 7.79. The second kappa shape index (κ2) is 4.38. The summed E-state index contributed by atoms with van der Waals surface area (Å²) in [4.78, 5) is 17.6. The molecule has 1 aromatic heterocycles. The number of isocyanates is 1. The van der Waals surface area contributed by atoms with Crippen molar-refractivity contribution in [2.45, 2.75) is 0 Å². The fraction of sp³-hybridized carbons (Fsp3) is 0. The number of carbonyl (C=O) groups excluding carboxylic acids is 1. The molecule has 0 amide bonds. The monoisotopic (exact) mass is 212 g/mol. The Labute approximate surface area is 91.9 Å². The molecule has 78 valence electrons. The van der Waals surface area contributed by atoms with Crippen LogP contribution in [0.4, 0.5) is 5.69 Å². The summed E-state index contributed by atoms with van der Waals surface area (Å²) in [6.07, 6.45) is 2.95. The summed E-state index contributed by atoms with van der Waals surface area (Å²) in [6.45, 7) is 0. The second-order valence-corrected chi connectivity index (χ2v) is 3.15. The molecule has 0 atom stereocenters. The van der Waals surface area contributed by atoms with E-state index in [9.17, 15) is 4.79 Å². The Bertz CT molecular complexity index is 526. The number of pyridine rings is 1. The van der Waals surface area contributed by atoms with Crippen molar-refractivity contribution < 1.29 is 9.90 Å². The van der Waals surface area contributed by atoms with Crippen LogP contribution < -0.4 is 0 Å². The van der Waals surface area contributed by atoms with Crippen LogP contribution in [-0.4, -0.2) is 16.2 Å². The van der Waals surface area contributed by atoms with Crippen molar-refractivity contribution in [3.8, 4) is 17.0 Å². The number of aromatic hydroxyl groups is 1. The van der Waals surface area contributed by atoms with Crippen molar-refractivity contribution in [3.05, 3.63) is 42.6 Å². The fourth-order valence-electron chi connectivity index (χ4n) is 1.31. The van der Waals surface area contributed by atoms with Gasteiger partial charge in [-0.15, -0.1) is 0 Å². The van der Waals surface area contributed by atoms with E-state index < -0.39 is 0 Å². The summed E-state index contributed by atoms with van der Waals surface area (Å²) >= 11 is 0. The molecule has 0 bridgehead atoms. The molecule has 1 heterocycles. The number of aliphatic imine (C=N–C) groups is 1. The minimum Gasteiger partial charge on any atom is -0.508 e. The van der Waals surface area contributed by atoms with Crippen LogP contribution in [0, 0.1) is 0 Å². The molecule has 0 aliphatic rings. The van der Waals surface area contributed by atoms with E-state index in [1.807, 2.05) is 0 Å². The Hall–Kier alpha value is -2.45. The molecule has 2 rings (SSSR count). The Balaban J connectivity index is 2.34. The standard InChI is InChI=1S/C12H8N2O2/c15-8-14-10-3-6-12(13-7-10)9-1-4-11(16)5-2-9/h1-7,16H. The lowest BCUT2D eigenvalue weighted by atomic mass is 10.1. The number of phenolic OH excluding ortho intramolecular Hbond substituents is 1. The minimum absolute atomic E-state index is 0.214. The van der Waals surface area contributed by atoms with Gasteiger partial charge in [0.15, 0.2) is 0 Å². The van der Waals surface area contributed by atoms with Crippen LogP contribution in [0.3, 0.4) is 0 Å². The zero-order valence-electron chi connectivity index (χ0n) is 8.29. The third-order valence-electron chi connectivity index (χ3n) is 2.09. The molecule has 4 heteroatoms. The molecule has 16 heavy (non-hydrogen) atoms. The third kappa shape index (κ3) is 2.13. The number of rotatable bonds is 2. The first-order valence-corrected chi connectivity index (χ1v) is 4.63. The van der Waals surface area contributed by atoms with E-state index >= 15 is 0 Å². The number of benzene rings is 1. The zero-order chi connectivity index (χ0) is 11.4. The highest BCUT2D eigenvalue weighted by Gasteiger charge is 1.99. The highest BCUT2D eigenvalue weighted by Crippen LogP contribution is 2.21. The molecule has 0 saturated heterocycles. The van der Waals surface area contributed by atoms with E-state index in [1.54, 1.807) is 36.4 Å². The third-order valence-corrected chi connectivity index (χ3v) is 2.09. The molecular weight excluding hydrogens is 204 g/mol. The van der Waals surface area contributed by atoms with Gasteiger partial charge in [0, 0.05) is 5.56 Å². The zero-order valence-corrected chi connectivity index (χ0v) is 8.29. The van der Waals surface area contributed by atoms with Crippen molar-refractivity contribution >= 4 is 11.8 Å². The summed E-state index contributed by atoms with van der Waals surface area (Å²) in [5.74, 6) is 0.214. The van der Waals surface area contributed by atoms with E-state index in [2.05, 4.69) is 9.98 Å². The number of aromatic nitrogens is 1. The second-order valence-electron chi connectivity index (χ2n) is 3.15. The summed E-state index contributed by atoms with van der Waals surface area (Å²) in [7, 11) is 0. The summed E-state index contributed by atoms with van der Waals surface area (Å²) < 4.78 is 0. The number of nitrogens with zero attached hydrogens (tertiary/aromatic N) is 2. The highest BCUT2D eigenvalue weighted by atomic mass is 16.3. The van der Waals surface area contributed by atoms with E-state index in [4.69, 9.17) is 5.11 Å². The Kier molecular flexibility index (Phi) is 2.76. The van der Waals surface area contributed by atoms with Gasteiger partial charge in [-0.2, -0.15) is 4.99 Å². The minimum atomic E-state index is 0.214.